The number of halogens is 1. The van der Waals surface area contributed by atoms with Crippen molar-refractivity contribution in [1.29, 1.82) is 0 Å². The molecule has 0 aliphatic heterocycles. The Hall–Kier alpha value is -0.151. The maximum atomic E-state index is 9.97. The van der Waals surface area contributed by atoms with E-state index in [0.717, 1.165) is 14.4 Å². The van der Waals surface area contributed by atoms with Gasteiger partial charge >= 0.3 is 97.4 Å². The molecule has 14 heavy (non-hydrogen) atoms. The zero-order chi connectivity index (χ0) is 10.3. The van der Waals surface area contributed by atoms with E-state index in [2.05, 4.69) is 31.6 Å². The molecular weight excluding hydrogens is 309 g/mol. The third-order valence-electron chi connectivity index (χ3n) is 1.99. The van der Waals surface area contributed by atoms with Crippen LogP contribution >= 0.6 is 15.9 Å². The van der Waals surface area contributed by atoms with Crippen LogP contribution in [0.5, 0.6) is 0 Å². The van der Waals surface area contributed by atoms with Crippen LogP contribution in [-0.4, -0.2) is 19.8 Å². The molecule has 0 saturated heterocycles. The summed E-state index contributed by atoms with van der Waals surface area (Å²) in [5, 5.41) is 9.97. The van der Waals surface area contributed by atoms with Crippen molar-refractivity contribution >= 4 is 36.2 Å². The molecule has 0 saturated carbocycles. The molecule has 2 aromatic rings. The molecule has 2 heterocycles. The number of rotatable bonds is 1. The standard InChI is InChI=1S/C10H11BrNOSe/c1-10(2,13)9-8(11)7-5-3-4-6-12(7)14-9/h3-6,13H,1-2H3/q+1. The SMILES string of the molecule is CC(C)(O)c1[se][n+]2ccccc2c1Br. The predicted octanol–water partition coefficient (Wildman–Crippen LogP) is 1.47. The van der Waals surface area contributed by atoms with Crippen LogP contribution in [0.15, 0.2) is 28.9 Å². The number of nitrogens with zero attached hydrogens (tertiary/aromatic N) is 1. The molecule has 0 spiro atoms. The van der Waals surface area contributed by atoms with Gasteiger partial charge < -0.3 is 0 Å². The van der Waals surface area contributed by atoms with Crippen LogP contribution in [-0.2, 0) is 5.60 Å². The van der Waals surface area contributed by atoms with Crippen molar-refractivity contribution in [3.8, 4) is 0 Å². The quantitative estimate of drug-likeness (QED) is 0.791. The van der Waals surface area contributed by atoms with E-state index in [1.807, 2.05) is 26.0 Å². The van der Waals surface area contributed by atoms with Gasteiger partial charge in [-0.25, -0.2) is 0 Å². The van der Waals surface area contributed by atoms with Gasteiger partial charge in [0.25, 0.3) is 0 Å². The van der Waals surface area contributed by atoms with E-state index < -0.39 is 5.60 Å². The van der Waals surface area contributed by atoms with E-state index >= 15 is 0 Å². The van der Waals surface area contributed by atoms with Crippen LogP contribution in [0.4, 0.5) is 0 Å². The molecule has 0 aliphatic carbocycles. The average Bonchev–Trinajstić information content (AvgIpc) is 2.44. The Morgan fingerprint density at radius 1 is 1.43 bits per heavy atom. The summed E-state index contributed by atoms with van der Waals surface area (Å²) in [6.45, 7) is 3.66. The summed E-state index contributed by atoms with van der Waals surface area (Å²) in [6, 6.07) is 6.08. The van der Waals surface area contributed by atoms with Crippen LogP contribution in [0.25, 0.3) is 5.52 Å². The first kappa shape index (κ1) is 10.4. The van der Waals surface area contributed by atoms with Crippen molar-refractivity contribution in [2.75, 3.05) is 0 Å². The van der Waals surface area contributed by atoms with E-state index in [4.69, 9.17) is 0 Å². The molecule has 0 aliphatic rings. The van der Waals surface area contributed by atoms with Crippen molar-refractivity contribution in [2.45, 2.75) is 19.4 Å². The molecule has 1 N–H and O–H groups in total. The summed E-state index contributed by atoms with van der Waals surface area (Å²) in [6.07, 6.45) is 2.05. The first-order valence-electron chi connectivity index (χ1n) is 4.32. The molecule has 0 aromatic carbocycles. The maximum absolute atomic E-state index is 9.97. The molecule has 0 fully saturated rings. The number of pyridine rings is 1. The van der Waals surface area contributed by atoms with Crippen LogP contribution in [0.3, 0.4) is 0 Å². The fourth-order valence-corrected chi connectivity index (χ4v) is 4.83. The first-order valence-corrected chi connectivity index (χ1v) is 6.74. The Labute approximate surface area is 97.3 Å². The van der Waals surface area contributed by atoms with Crippen molar-refractivity contribution in [2.24, 2.45) is 0 Å². The van der Waals surface area contributed by atoms with E-state index in [9.17, 15) is 5.11 Å². The fraction of sp³-hybridized carbons (Fsp3) is 0.300. The molecule has 0 amide bonds. The zero-order valence-corrected chi connectivity index (χ0v) is 11.3. The monoisotopic (exact) mass is 320 g/mol. The molecule has 2 aromatic heterocycles. The van der Waals surface area contributed by atoms with E-state index in [1.54, 1.807) is 0 Å². The van der Waals surface area contributed by atoms with E-state index in [1.165, 1.54) is 0 Å². The Bertz CT molecular complexity index is 472. The van der Waals surface area contributed by atoms with Gasteiger partial charge in [0.1, 0.15) is 0 Å². The third-order valence-corrected chi connectivity index (χ3v) is 6.33. The van der Waals surface area contributed by atoms with E-state index in [0.29, 0.717) is 0 Å². The Balaban J connectivity index is 2.75. The first-order chi connectivity index (χ1) is 6.50. The Kier molecular flexibility index (Phi) is 2.56. The molecule has 2 nitrogen and oxygen atoms in total. The second kappa shape index (κ2) is 3.46. The Morgan fingerprint density at radius 2 is 2.14 bits per heavy atom. The predicted molar refractivity (Wildman–Crippen MR) is 59.5 cm³/mol. The van der Waals surface area contributed by atoms with Gasteiger partial charge in [0.05, 0.1) is 0 Å². The minimum absolute atomic E-state index is 0.174. The van der Waals surface area contributed by atoms with Gasteiger partial charge in [0.15, 0.2) is 0 Å². The molecule has 4 heteroatoms. The molecule has 0 bridgehead atoms. The molecule has 2 rings (SSSR count). The summed E-state index contributed by atoms with van der Waals surface area (Å²) < 4.78 is 4.33. The summed E-state index contributed by atoms with van der Waals surface area (Å²) in [5.41, 5.74) is 0.426. The minimum atomic E-state index is -0.731. The fourth-order valence-electron chi connectivity index (χ4n) is 1.31. The van der Waals surface area contributed by atoms with Crippen molar-refractivity contribution < 1.29 is 8.50 Å². The zero-order valence-electron chi connectivity index (χ0n) is 7.99. The number of hydrogen-bond donors (Lipinski definition) is 1. The normalized spacial score (nSPS) is 12.3. The summed E-state index contributed by atoms with van der Waals surface area (Å²) in [7, 11) is 0. The summed E-state index contributed by atoms with van der Waals surface area (Å²) in [5.74, 6) is 0. The third kappa shape index (κ3) is 1.68. The number of aliphatic hydroxyl groups is 1. The second-order valence-electron chi connectivity index (χ2n) is 3.71. The van der Waals surface area contributed by atoms with Crippen LogP contribution < -0.4 is 3.40 Å². The average molecular weight is 320 g/mol. The van der Waals surface area contributed by atoms with Gasteiger partial charge in [-0.05, 0) is 0 Å². The summed E-state index contributed by atoms with van der Waals surface area (Å²) >= 11 is 3.73. The molecular formula is C10H11BrNOSe+. The number of fused-ring (bicyclic) bond motifs is 1. The van der Waals surface area contributed by atoms with Crippen LogP contribution in [0.1, 0.15) is 18.3 Å². The van der Waals surface area contributed by atoms with Crippen molar-refractivity contribution in [3.63, 3.8) is 0 Å². The molecule has 74 valence electrons. The molecule has 0 radical (unpaired) electrons. The number of hydrogen-bond acceptors (Lipinski definition) is 1. The number of aromatic nitrogens is 1. The van der Waals surface area contributed by atoms with Gasteiger partial charge in [-0.2, -0.15) is 0 Å². The van der Waals surface area contributed by atoms with Crippen LogP contribution in [0, 0.1) is 0 Å². The summed E-state index contributed by atoms with van der Waals surface area (Å²) in [4.78, 5) is 0. The van der Waals surface area contributed by atoms with Crippen molar-refractivity contribution in [3.05, 3.63) is 33.3 Å². The van der Waals surface area contributed by atoms with Gasteiger partial charge in [-0.1, -0.05) is 0 Å². The van der Waals surface area contributed by atoms with Gasteiger partial charge in [0.2, 0.25) is 0 Å². The van der Waals surface area contributed by atoms with Crippen molar-refractivity contribution in [1.82, 2.24) is 0 Å². The second-order valence-corrected chi connectivity index (χ2v) is 6.56. The molecule has 0 unspecified atom stereocenters. The molecule has 0 atom stereocenters. The van der Waals surface area contributed by atoms with Gasteiger partial charge in [-0.15, -0.1) is 0 Å². The Morgan fingerprint density at radius 3 is 2.71 bits per heavy atom. The van der Waals surface area contributed by atoms with E-state index in [-0.39, 0.29) is 14.7 Å². The van der Waals surface area contributed by atoms with Crippen LogP contribution in [0.2, 0.25) is 0 Å². The topological polar surface area (TPSA) is 24.3 Å². The van der Waals surface area contributed by atoms with Gasteiger partial charge in [-0.3, -0.25) is 0 Å². The van der Waals surface area contributed by atoms with Gasteiger partial charge in [0, 0.05) is 0 Å².